The average molecular weight is 366 g/mol. The predicted molar refractivity (Wildman–Crippen MR) is 87.7 cm³/mol. The monoisotopic (exact) mass is 365 g/mol. The van der Waals surface area contributed by atoms with E-state index in [4.69, 9.17) is 4.42 Å². The van der Waals surface area contributed by atoms with Crippen LogP contribution in [0.1, 0.15) is 24.0 Å². The van der Waals surface area contributed by atoms with Crippen molar-refractivity contribution in [3.63, 3.8) is 0 Å². The van der Waals surface area contributed by atoms with Crippen LogP contribution in [0.15, 0.2) is 45.3 Å². The van der Waals surface area contributed by atoms with Gasteiger partial charge in [-0.25, -0.2) is 4.39 Å². The molecule has 2 aromatic rings. The smallest absolute Gasteiger partial charge is 0.246 e. The summed E-state index contributed by atoms with van der Waals surface area (Å²) in [7, 11) is 0. The highest BCUT2D eigenvalue weighted by molar-refractivity contribution is 9.10. The molecule has 0 saturated carbocycles. The van der Waals surface area contributed by atoms with Crippen molar-refractivity contribution in [3.05, 3.63) is 63.8 Å². The number of hydrogen-bond acceptors (Lipinski definition) is 2. The Hall–Kier alpha value is -1.88. The SMILES string of the molecule is CCN(Cc1cc(Br)ccc1F)C(=O)/C=C/c1ccc(C)o1. The Morgan fingerprint density at radius 2 is 2.14 bits per heavy atom. The first-order valence-electron chi connectivity index (χ1n) is 6.97. The maximum Gasteiger partial charge on any atom is 0.246 e. The zero-order valence-electron chi connectivity index (χ0n) is 12.5. The van der Waals surface area contributed by atoms with E-state index in [1.54, 1.807) is 29.2 Å². The second kappa shape index (κ2) is 7.40. The Labute approximate surface area is 137 Å². The molecule has 0 aliphatic rings. The zero-order valence-corrected chi connectivity index (χ0v) is 14.1. The Morgan fingerprint density at radius 3 is 2.77 bits per heavy atom. The summed E-state index contributed by atoms with van der Waals surface area (Å²) in [6, 6.07) is 8.34. The van der Waals surface area contributed by atoms with Gasteiger partial charge in [0.05, 0.1) is 0 Å². The number of likely N-dealkylation sites (N-methyl/N-ethyl adjacent to an activating group) is 1. The van der Waals surface area contributed by atoms with E-state index < -0.39 is 0 Å². The number of carbonyl (C=O) groups excluding carboxylic acids is 1. The molecule has 1 aromatic heterocycles. The summed E-state index contributed by atoms with van der Waals surface area (Å²) in [6.07, 6.45) is 3.06. The number of aryl methyl sites for hydroxylation is 1. The van der Waals surface area contributed by atoms with Crippen molar-refractivity contribution in [1.29, 1.82) is 0 Å². The van der Waals surface area contributed by atoms with E-state index in [0.717, 1.165) is 10.2 Å². The first-order chi connectivity index (χ1) is 10.5. The summed E-state index contributed by atoms with van der Waals surface area (Å²) in [5.74, 6) is 0.905. The van der Waals surface area contributed by atoms with Crippen LogP contribution in [0.4, 0.5) is 4.39 Å². The molecular weight excluding hydrogens is 349 g/mol. The number of benzene rings is 1. The highest BCUT2D eigenvalue weighted by Gasteiger charge is 2.12. The number of furan rings is 1. The fraction of sp³-hybridized carbons (Fsp3) is 0.235. The van der Waals surface area contributed by atoms with Crippen molar-refractivity contribution in [2.24, 2.45) is 0 Å². The van der Waals surface area contributed by atoms with Gasteiger partial charge in [-0.05, 0) is 50.3 Å². The topological polar surface area (TPSA) is 33.5 Å². The summed E-state index contributed by atoms with van der Waals surface area (Å²) >= 11 is 3.31. The molecule has 0 radical (unpaired) electrons. The van der Waals surface area contributed by atoms with Crippen molar-refractivity contribution in [2.45, 2.75) is 20.4 Å². The van der Waals surface area contributed by atoms with Crippen LogP contribution in [0.25, 0.3) is 6.08 Å². The number of hydrogen-bond donors (Lipinski definition) is 0. The van der Waals surface area contributed by atoms with Crippen LogP contribution in [0.2, 0.25) is 0 Å². The number of amides is 1. The quantitative estimate of drug-likeness (QED) is 0.728. The standard InChI is InChI=1S/C17H17BrFNO2/c1-3-20(11-13-10-14(18)5-8-16(13)19)17(21)9-7-15-6-4-12(2)22-15/h4-10H,3,11H2,1-2H3/b9-7+. The van der Waals surface area contributed by atoms with Gasteiger partial charge in [-0.3, -0.25) is 4.79 Å². The third kappa shape index (κ3) is 4.31. The van der Waals surface area contributed by atoms with Gasteiger partial charge in [0.2, 0.25) is 5.91 Å². The Balaban J connectivity index is 2.08. The molecule has 116 valence electrons. The lowest BCUT2D eigenvalue weighted by molar-refractivity contribution is -0.126. The predicted octanol–water partition coefficient (Wildman–Crippen LogP) is 4.55. The first-order valence-corrected chi connectivity index (χ1v) is 7.76. The molecule has 0 bridgehead atoms. The first kappa shape index (κ1) is 16.5. The molecule has 5 heteroatoms. The van der Waals surface area contributed by atoms with E-state index in [1.165, 1.54) is 12.1 Å². The second-order valence-corrected chi connectivity index (χ2v) is 5.79. The molecule has 1 heterocycles. The maximum atomic E-state index is 13.8. The molecule has 0 aliphatic heterocycles. The van der Waals surface area contributed by atoms with E-state index in [9.17, 15) is 9.18 Å². The third-order valence-electron chi connectivity index (χ3n) is 3.21. The molecule has 1 amide bonds. The summed E-state index contributed by atoms with van der Waals surface area (Å²) in [4.78, 5) is 13.8. The molecule has 22 heavy (non-hydrogen) atoms. The van der Waals surface area contributed by atoms with Gasteiger partial charge in [-0.1, -0.05) is 15.9 Å². The molecule has 0 spiro atoms. The van der Waals surface area contributed by atoms with Gasteiger partial charge < -0.3 is 9.32 Å². The molecule has 0 N–H and O–H groups in total. The van der Waals surface area contributed by atoms with Gasteiger partial charge in [0, 0.05) is 29.2 Å². The van der Waals surface area contributed by atoms with Crippen LogP contribution < -0.4 is 0 Å². The minimum atomic E-state index is -0.319. The fourth-order valence-corrected chi connectivity index (χ4v) is 2.43. The molecule has 0 fully saturated rings. The Kier molecular flexibility index (Phi) is 5.55. The van der Waals surface area contributed by atoms with Crippen LogP contribution in [0.3, 0.4) is 0 Å². The molecule has 2 rings (SSSR count). The van der Waals surface area contributed by atoms with Crippen LogP contribution in [0.5, 0.6) is 0 Å². The van der Waals surface area contributed by atoms with Gasteiger partial charge >= 0.3 is 0 Å². The average Bonchev–Trinajstić information content (AvgIpc) is 2.91. The summed E-state index contributed by atoms with van der Waals surface area (Å²) in [5.41, 5.74) is 0.479. The van der Waals surface area contributed by atoms with Crippen LogP contribution in [-0.2, 0) is 11.3 Å². The Bertz CT molecular complexity index is 694. The van der Waals surface area contributed by atoms with E-state index in [-0.39, 0.29) is 18.3 Å². The lowest BCUT2D eigenvalue weighted by atomic mass is 10.2. The summed E-state index contributed by atoms with van der Waals surface area (Å²) in [5, 5.41) is 0. The van der Waals surface area contributed by atoms with Crippen molar-refractivity contribution in [1.82, 2.24) is 4.90 Å². The molecule has 0 unspecified atom stereocenters. The molecule has 3 nitrogen and oxygen atoms in total. The lowest BCUT2D eigenvalue weighted by Gasteiger charge is -2.19. The van der Waals surface area contributed by atoms with Gasteiger partial charge in [0.1, 0.15) is 17.3 Å². The molecule has 0 atom stereocenters. The highest BCUT2D eigenvalue weighted by atomic mass is 79.9. The van der Waals surface area contributed by atoms with Crippen LogP contribution >= 0.6 is 15.9 Å². The van der Waals surface area contributed by atoms with Crippen molar-refractivity contribution < 1.29 is 13.6 Å². The van der Waals surface area contributed by atoms with Crippen molar-refractivity contribution in [3.8, 4) is 0 Å². The number of carbonyl (C=O) groups is 1. The Morgan fingerprint density at radius 1 is 1.36 bits per heavy atom. The summed E-state index contributed by atoms with van der Waals surface area (Å²) < 4.78 is 20.0. The molecule has 1 aromatic carbocycles. The van der Waals surface area contributed by atoms with Gasteiger partial charge in [-0.15, -0.1) is 0 Å². The lowest BCUT2D eigenvalue weighted by Crippen LogP contribution is -2.29. The highest BCUT2D eigenvalue weighted by Crippen LogP contribution is 2.17. The van der Waals surface area contributed by atoms with E-state index in [2.05, 4.69) is 15.9 Å². The van der Waals surface area contributed by atoms with Gasteiger partial charge in [-0.2, -0.15) is 0 Å². The van der Waals surface area contributed by atoms with Crippen molar-refractivity contribution >= 4 is 27.9 Å². The molecule has 0 saturated heterocycles. The number of rotatable bonds is 5. The third-order valence-corrected chi connectivity index (χ3v) is 3.71. The van der Waals surface area contributed by atoms with E-state index in [0.29, 0.717) is 17.9 Å². The molecular formula is C17H17BrFNO2. The minimum Gasteiger partial charge on any atom is -0.462 e. The number of halogens is 2. The van der Waals surface area contributed by atoms with E-state index in [1.807, 2.05) is 19.9 Å². The maximum absolute atomic E-state index is 13.8. The zero-order chi connectivity index (χ0) is 16.1. The summed E-state index contributed by atoms with van der Waals surface area (Å²) in [6.45, 7) is 4.42. The largest absolute Gasteiger partial charge is 0.462 e. The van der Waals surface area contributed by atoms with Crippen molar-refractivity contribution in [2.75, 3.05) is 6.54 Å². The fourth-order valence-electron chi connectivity index (χ4n) is 2.02. The van der Waals surface area contributed by atoms with Gasteiger partial charge in [0.15, 0.2) is 0 Å². The minimum absolute atomic E-state index is 0.184. The van der Waals surface area contributed by atoms with Gasteiger partial charge in [0.25, 0.3) is 0 Å². The van der Waals surface area contributed by atoms with Crippen LogP contribution in [0, 0.1) is 12.7 Å². The normalized spacial score (nSPS) is 11.1. The number of nitrogens with zero attached hydrogens (tertiary/aromatic N) is 1. The molecule has 0 aliphatic carbocycles. The van der Waals surface area contributed by atoms with Crippen LogP contribution in [-0.4, -0.2) is 17.4 Å². The van der Waals surface area contributed by atoms with E-state index >= 15 is 0 Å². The second-order valence-electron chi connectivity index (χ2n) is 4.87.